The lowest BCUT2D eigenvalue weighted by molar-refractivity contribution is -0.384. The van der Waals surface area contributed by atoms with Crippen LogP contribution in [0.3, 0.4) is 0 Å². The van der Waals surface area contributed by atoms with Crippen LogP contribution in [0.2, 0.25) is 0 Å². The Hall–Kier alpha value is -3.56. The number of carbonyl (C=O) groups is 2. The molecule has 3 N–H and O–H groups in total. The molecule has 0 fully saturated rings. The molecule has 26 heavy (non-hydrogen) atoms. The Kier molecular flexibility index (Phi) is 5.45. The van der Waals surface area contributed by atoms with Gasteiger partial charge in [-0.25, -0.2) is 13.6 Å². The predicted octanol–water partition coefficient (Wildman–Crippen LogP) is 2.64. The summed E-state index contributed by atoms with van der Waals surface area (Å²) in [6, 6.07) is 5.72. The van der Waals surface area contributed by atoms with Crippen molar-refractivity contribution in [1.82, 2.24) is 0 Å². The van der Waals surface area contributed by atoms with Gasteiger partial charge in [-0.1, -0.05) is 0 Å². The second-order valence-corrected chi connectivity index (χ2v) is 5.19. The number of halogens is 2. The van der Waals surface area contributed by atoms with Crippen molar-refractivity contribution < 1.29 is 28.0 Å². The van der Waals surface area contributed by atoms with Crippen LogP contribution in [0.5, 0.6) is 0 Å². The van der Waals surface area contributed by atoms with Crippen LogP contribution < -0.4 is 11.1 Å². The molecule has 1 atom stereocenters. The van der Waals surface area contributed by atoms with Crippen LogP contribution in [0, 0.1) is 21.7 Å². The Balaban J connectivity index is 2.10. The highest BCUT2D eigenvalue weighted by molar-refractivity contribution is 5.99. The minimum atomic E-state index is -1.37. The third-order valence-electron chi connectivity index (χ3n) is 3.31. The lowest BCUT2D eigenvalue weighted by Crippen LogP contribution is -2.30. The second kappa shape index (κ2) is 7.55. The summed E-state index contributed by atoms with van der Waals surface area (Å²) >= 11 is 0. The summed E-state index contributed by atoms with van der Waals surface area (Å²) in [4.78, 5) is 34.1. The van der Waals surface area contributed by atoms with Crippen molar-refractivity contribution >= 4 is 28.9 Å². The maximum atomic E-state index is 13.5. The summed E-state index contributed by atoms with van der Waals surface area (Å²) in [5.41, 5.74) is 4.56. The van der Waals surface area contributed by atoms with Crippen LogP contribution in [0.15, 0.2) is 36.4 Å². The van der Waals surface area contributed by atoms with E-state index in [1.165, 1.54) is 6.92 Å². The number of anilines is 2. The van der Waals surface area contributed by atoms with Gasteiger partial charge in [0.05, 0.1) is 16.2 Å². The van der Waals surface area contributed by atoms with Crippen molar-refractivity contribution in [3.63, 3.8) is 0 Å². The highest BCUT2D eigenvalue weighted by Crippen LogP contribution is 2.21. The number of nitrogens with one attached hydrogen (secondary N) is 1. The number of benzene rings is 2. The Bertz CT molecular complexity index is 888. The number of non-ortho nitro benzene ring substituents is 1. The van der Waals surface area contributed by atoms with Gasteiger partial charge >= 0.3 is 5.97 Å². The smallest absolute Gasteiger partial charge is 0.341 e. The summed E-state index contributed by atoms with van der Waals surface area (Å²) < 4.78 is 31.3. The Morgan fingerprint density at radius 3 is 2.54 bits per heavy atom. The van der Waals surface area contributed by atoms with Gasteiger partial charge in [0.15, 0.2) is 6.10 Å². The van der Waals surface area contributed by atoms with Gasteiger partial charge in [0, 0.05) is 23.9 Å². The molecule has 0 aliphatic rings. The molecule has 2 aromatic rings. The van der Waals surface area contributed by atoms with Gasteiger partial charge in [-0.3, -0.25) is 14.9 Å². The maximum absolute atomic E-state index is 13.5. The number of hydrogen-bond acceptors (Lipinski definition) is 6. The molecule has 10 heteroatoms. The average Bonchev–Trinajstić information content (AvgIpc) is 2.57. The van der Waals surface area contributed by atoms with Crippen LogP contribution >= 0.6 is 0 Å². The molecule has 0 saturated carbocycles. The molecule has 1 amide bonds. The molecular formula is C16H13F2N3O5. The van der Waals surface area contributed by atoms with E-state index in [-0.39, 0.29) is 22.6 Å². The van der Waals surface area contributed by atoms with Crippen LogP contribution in [-0.4, -0.2) is 22.9 Å². The van der Waals surface area contributed by atoms with Gasteiger partial charge in [0.2, 0.25) is 0 Å². The predicted molar refractivity (Wildman–Crippen MR) is 87.4 cm³/mol. The van der Waals surface area contributed by atoms with E-state index >= 15 is 0 Å². The fraction of sp³-hybridized carbons (Fsp3) is 0.125. The fourth-order valence-electron chi connectivity index (χ4n) is 1.94. The number of amides is 1. The van der Waals surface area contributed by atoms with E-state index < -0.39 is 34.5 Å². The highest BCUT2D eigenvalue weighted by Gasteiger charge is 2.23. The van der Waals surface area contributed by atoms with Crippen LogP contribution in [0.1, 0.15) is 17.3 Å². The zero-order valence-electron chi connectivity index (χ0n) is 13.4. The zero-order chi connectivity index (χ0) is 19.4. The number of rotatable bonds is 5. The molecule has 8 nitrogen and oxygen atoms in total. The summed E-state index contributed by atoms with van der Waals surface area (Å²) in [5, 5.41) is 12.9. The molecule has 0 aromatic heterocycles. The van der Waals surface area contributed by atoms with Crippen LogP contribution in [-0.2, 0) is 9.53 Å². The Labute approximate surface area is 145 Å². The first-order valence-corrected chi connectivity index (χ1v) is 7.20. The van der Waals surface area contributed by atoms with E-state index in [1.807, 2.05) is 0 Å². The van der Waals surface area contributed by atoms with E-state index in [0.717, 1.165) is 30.3 Å². The van der Waals surface area contributed by atoms with Gasteiger partial charge in [-0.05, 0) is 25.1 Å². The molecule has 0 unspecified atom stereocenters. The third-order valence-corrected chi connectivity index (χ3v) is 3.31. The molecule has 0 saturated heterocycles. The van der Waals surface area contributed by atoms with Crippen LogP contribution in [0.25, 0.3) is 0 Å². The second-order valence-electron chi connectivity index (χ2n) is 5.19. The fourth-order valence-corrected chi connectivity index (χ4v) is 1.94. The van der Waals surface area contributed by atoms with E-state index in [1.54, 1.807) is 0 Å². The number of nitro groups is 1. The largest absolute Gasteiger partial charge is 0.449 e. The van der Waals surface area contributed by atoms with Crippen molar-refractivity contribution in [2.75, 3.05) is 11.1 Å². The summed E-state index contributed by atoms with van der Waals surface area (Å²) in [6.07, 6.45) is -1.37. The van der Waals surface area contributed by atoms with Gasteiger partial charge in [-0.2, -0.15) is 0 Å². The maximum Gasteiger partial charge on any atom is 0.341 e. The molecule has 0 aliphatic heterocycles. The number of ether oxygens (including phenoxy) is 1. The molecule has 0 heterocycles. The van der Waals surface area contributed by atoms with Gasteiger partial charge in [-0.15, -0.1) is 0 Å². The first-order chi connectivity index (χ1) is 12.2. The summed E-state index contributed by atoms with van der Waals surface area (Å²) in [5.74, 6) is -3.76. The highest BCUT2D eigenvalue weighted by atomic mass is 19.1. The SMILES string of the molecule is C[C@@H](OC(=O)c1cc([N+](=O)[O-])ccc1N)C(=O)Nc1ccc(F)cc1F. The summed E-state index contributed by atoms with van der Waals surface area (Å²) in [6.45, 7) is 1.21. The minimum Gasteiger partial charge on any atom is -0.449 e. The molecule has 2 rings (SSSR count). The Morgan fingerprint density at radius 2 is 1.92 bits per heavy atom. The quantitative estimate of drug-likeness (QED) is 0.363. The van der Waals surface area contributed by atoms with E-state index in [2.05, 4.69) is 5.32 Å². The van der Waals surface area contributed by atoms with Gasteiger partial charge < -0.3 is 15.8 Å². The number of carbonyl (C=O) groups excluding carboxylic acids is 2. The van der Waals surface area contributed by atoms with Crippen molar-refractivity contribution in [1.29, 1.82) is 0 Å². The monoisotopic (exact) mass is 365 g/mol. The lowest BCUT2D eigenvalue weighted by atomic mass is 10.1. The summed E-state index contributed by atoms with van der Waals surface area (Å²) in [7, 11) is 0. The standard InChI is InChI=1S/C16H13F2N3O5/c1-8(15(22)20-14-5-2-9(17)6-12(14)18)26-16(23)11-7-10(21(24)25)3-4-13(11)19/h2-8H,19H2,1H3,(H,20,22)/t8-/m1/s1. The Morgan fingerprint density at radius 1 is 1.23 bits per heavy atom. The van der Waals surface area contributed by atoms with E-state index in [4.69, 9.17) is 10.5 Å². The molecular weight excluding hydrogens is 352 g/mol. The number of esters is 1. The molecule has 2 aromatic carbocycles. The van der Waals surface area contributed by atoms with Crippen molar-refractivity contribution in [2.24, 2.45) is 0 Å². The molecule has 0 aliphatic carbocycles. The minimum absolute atomic E-state index is 0.0715. The first kappa shape index (κ1) is 18.8. The van der Waals surface area contributed by atoms with E-state index in [9.17, 15) is 28.5 Å². The average molecular weight is 365 g/mol. The first-order valence-electron chi connectivity index (χ1n) is 7.20. The van der Waals surface area contributed by atoms with E-state index in [0.29, 0.717) is 6.07 Å². The number of nitrogens with two attached hydrogens (primary N) is 1. The number of nitrogen functional groups attached to an aromatic ring is 1. The van der Waals surface area contributed by atoms with Crippen molar-refractivity contribution in [3.05, 3.63) is 63.7 Å². The number of nitro benzene ring substituents is 1. The van der Waals surface area contributed by atoms with Gasteiger partial charge in [0.1, 0.15) is 11.6 Å². The number of nitrogens with zero attached hydrogens (tertiary/aromatic N) is 1. The zero-order valence-corrected chi connectivity index (χ0v) is 13.4. The number of hydrogen-bond donors (Lipinski definition) is 2. The van der Waals surface area contributed by atoms with Crippen molar-refractivity contribution in [3.8, 4) is 0 Å². The van der Waals surface area contributed by atoms with Crippen LogP contribution in [0.4, 0.5) is 25.8 Å². The topological polar surface area (TPSA) is 125 Å². The normalized spacial score (nSPS) is 11.5. The van der Waals surface area contributed by atoms with Crippen molar-refractivity contribution in [2.45, 2.75) is 13.0 Å². The molecule has 136 valence electrons. The van der Waals surface area contributed by atoms with Gasteiger partial charge in [0.25, 0.3) is 11.6 Å². The molecule has 0 radical (unpaired) electrons. The molecule has 0 bridgehead atoms. The third kappa shape index (κ3) is 4.29. The lowest BCUT2D eigenvalue weighted by Gasteiger charge is -2.14. The molecule has 0 spiro atoms.